The van der Waals surface area contributed by atoms with Crippen molar-refractivity contribution in [2.24, 2.45) is 5.10 Å². The first-order chi connectivity index (χ1) is 15.4. The monoisotopic (exact) mass is 468 g/mol. The number of nitrogens with zero attached hydrogens (tertiary/aromatic N) is 2. The third kappa shape index (κ3) is 4.33. The van der Waals surface area contributed by atoms with Crippen LogP contribution in [-0.4, -0.2) is 24.2 Å². The summed E-state index contributed by atoms with van der Waals surface area (Å²) in [5, 5.41) is 6.36. The Morgan fingerprint density at radius 3 is 2.53 bits per heavy atom. The van der Waals surface area contributed by atoms with Gasteiger partial charge in [-0.15, -0.1) is 0 Å². The summed E-state index contributed by atoms with van der Waals surface area (Å²) in [4.78, 5) is 24.7. The van der Waals surface area contributed by atoms with Crippen LogP contribution >= 0.6 is 23.2 Å². The van der Waals surface area contributed by atoms with Gasteiger partial charge in [-0.2, -0.15) is 10.1 Å². The summed E-state index contributed by atoms with van der Waals surface area (Å²) in [7, 11) is 0. The third-order valence-electron chi connectivity index (χ3n) is 4.80. The normalized spacial score (nSPS) is 14.8. The van der Waals surface area contributed by atoms with Gasteiger partial charge in [0.15, 0.2) is 0 Å². The topological polar surface area (TPSA) is 72.1 Å². The van der Waals surface area contributed by atoms with E-state index in [9.17, 15) is 9.59 Å². The fourth-order valence-corrected chi connectivity index (χ4v) is 3.48. The Bertz CT molecular complexity index is 1260. The van der Waals surface area contributed by atoms with E-state index in [0.29, 0.717) is 50.7 Å². The molecular weight excluding hydrogens is 451 g/mol. The van der Waals surface area contributed by atoms with Crippen LogP contribution in [0.4, 0.5) is 5.69 Å². The van der Waals surface area contributed by atoms with Crippen molar-refractivity contribution in [1.29, 1.82) is 0 Å². The van der Waals surface area contributed by atoms with Gasteiger partial charge in [0.25, 0.3) is 5.91 Å². The highest BCUT2D eigenvalue weighted by atomic mass is 35.5. The summed E-state index contributed by atoms with van der Waals surface area (Å²) >= 11 is 12.0. The molecule has 0 N–H and O–H groups in total. The van der Waals surface area contributed by atoms with E-state index in [0.717, 1.165) is 5.56 Å². The molecule has 1 aliphatic rings. The first-order valence-electron chi connectivity index (χ1n) is 9.81. The Kier molecular flexibility index (Phi) is 6.17. The highest BCUT2D eigenvalue weighted by Gasteiger charge is 2.29. The van der Waals surface area contributed by atoms with Crippen LogP contribution < -0.4 is 5.01 Å². The average Bonchev–Trinajstić information content (AvgIpc) is 3.36. The quantitative estimate of drug-likeness (QED) is 0.328. The molecular formula is C24H18Cl2N2O4. The van der Waals surface area contributed by atoms with E-state index in [1.54, 1.807) is 74.5 Å². The SMILES string of the molecule is CCOC(=O)c1ccc(-c2ccc(/C=C3/C(=O)N(c4ccc(Cl)c(Cl)c4)N=C3C)o2)cc1. The summed E-state index contributed by atoms with van der Waals surface area (Å²) in [6, 6.07) is 15.4. The molecule has 0 saturated heterocycles. The fourth-order valence-electron chi connectivity index (χ4n) is 3.19. The minimum atomic E-state index is -0.370. The van der Waals surface area contributed by atoms with Gasteiger partial charge in [0.2, 0.25) is 0 Å². The van der Waals surface area contributed by atoms with E-state index in [1.165, 1.54) is 5.01 Å². The molecule has 0 fully saturated rings. The maximum absolute atomic E-state index is 12.9. The van der Waals surface area contributed by atoms with Gasteiger partial charge in [-0.25, -0.2) is 4.79 Å². The summed E-state index contributed by atoms with van der Waals surface area (Å²) in [5.74, 6) is 0.444. The zero-order chi connectivity index (χ0) is 22.8. The van der Waals surface area contributed by atoms with Crippen LogP contribution in [0.5, 0.6) is 0 Å². The van der Waals surface area contributed by atoms with Crippen molar-refractivity contribution in [3.63, 3.8) is 0 Å². The largest absolute Gasteiger partial charge is 0.462 e. The number of benzene rings is 2. The van der Waals surface area contributed by atoms with E-state index >= 15 is 0 Å². The van der Waals surface area contributed by atoms with E-state index in [4.69, 9.17) is 32.4 Å². The van der Waals surface area contributed by atoms with Crippen molar-refractivity contribution in [1.82, 2.24) is 0 Å². The summed E-state index contributed by atoms with van der Waals surface area (Å²) in [6.45, 7) is 3.83. The van der Waals surface area contributed by atoms with Crippen LogP contribution in [0, 0.1) is 0 Å². The van der Waals surface area contributed by atoms with Crippen molar-refractivity contribution in [3.05, 3.63) is 81.5 Å². The van der Waals surface area contributed by atoms with E-state index in [1.807, 2.05) is 0 Å². The Labute approximate surface area is 194 Å². The second kappa shape index (κ2) is 9.02. The molecule has 1 aromatic heterocycles. The van der Waals surface area contributed by atoms with E-state index < -0.39 is 0 Å². The molecule has 0 atom stereocenters. The Morgan fingerprint density at radius 1 is 1.09 bits per heavy atom. The number of carbonyl (C=O) groups is 2. The lowest BCUT2D eigenvalue weighted by Crippen LogP contribution is -2.21. The lowest BCUT2D eigenvalue weighted by atomic mass is 10.1. The van der Waals surface area contributed by atoms with Crippen LogP contribution in [0.2, 0.25) is 10.0 Å². The summed E-state index contributed by atoms with van der Waals surface area (Å²) < 4.78 is 10.9. The Morgan fingerprint density at radius 2 is 1.84 bits per heavy atom. The Balaban J connectivity index is 1.55. The number of hydrazone groups is 1. The first kappa shape index (κ1) is 21.9. The summed E-state index contributed by atoms with van der Waals surface area (Å²) in [6.07, 6.45) is 1.65. The maximum atomic E-state index is 12.9. The standard InChI is InChI=1S/C24H18Cl2N2O4/c1-3-31-24(30)16-6-4-15(5-7-16)22-11-9-18(32-22)13-19-14(2)27-28(23(19)29)17-8-10-20(25)21(26)12-17/h4-13H,3H2,1-2H3/b19-13+. The van der Waals surface area contributed by atoms with Gasteiger partial charge in [-0.1, -0.05) is 35.3 Å². The van der Waals surface area contributed by atoms with Crippen molar-refractivity contribution in [2.75, 3.05) is 11.6 Å². The van der Waals surface area contributed by atoms with Gasteiger partial charge < -0.3 is 9.15 Å². The number of anilines is 1. The number of rotatable bonds is 5. The number of esters is 1. The molecule has 162 valence electrons. The lowest BCUT2D eigenvalue weighted by molar-refractivity contribution is -0.114. The molecule has 2 heterocycles. The number of carbonyl (C=O) groups excluding carboxylic acids is 2. The van der Waals surface area contributed by atoms with Gasteiger partial charge in [0, 0.05) is 5.56 Å². The smallest absolute Gasteiger partial charge is 0.338 e. The van der Waals surface area contributed by atoms with Gasteiger partial charge in [0.1, 0.15) is 11.5 Å². The first-order valence-corrected chi connectivity index (χ1v) is 10.6. The zero-order valence-corrected chi connectivity index (χ0v) is 18.8. The molecule has 1 amide bonds. The molecule has 2 aromatic carbocycles. The van der Waals surface area contributed by atoms with Crippen molar-refractivity contribution >= 4 is 52.6 Å². The minimum absolute atomic E-state index is 0.294. The third-order valence-corrected chi connectivity index (χ3v) is 5.54. The van der Waals surface area contributed by atoms with Crippen molar-refractivity contribution in [2.45, 2.75) is 13.8 Å². The molecule has 8 heteroatoms. The van der Waals surface area contributed by atoms with E-state index in [2.05, 4.69) is 5.10 Å². The maximum Gasteiger partial charge on any atom is 0.338 e. The van der Waals surface area contributed by atoms with Crippen molar-refractivity contribution in [3.8, 4) is 11.3 Å². The minimum Gasteiger partial charge on any atom is -0.462 e. The molecule has 0 unspecified atom stereocenters. The Hall–Kier alpha value is -3.35. The van der Waals surface area contributed by atoms with Crippen LogP contribution in [0.15, 0.2) is 69.7 Å². The van der Waals surface area contributed by atoms with E-state index in [-0.39, 0.29) is 11.9 Å². The molecule has 0 aliphatic carbocycles. The van der Waals surface area contributed by atoms with Crippen LogP contribution in [-0.2, 0) is 9.53 Å². The molecule has 1 aliphatic heterocycles. The number of furan rings is 1. The van der Waals surface area contributed by atoms with Crippen LogP contribution in [0.25, 0.3) is 17.4 Å². The number of halogens is 2. The molecule has 0 saturated carbocycles. The zero-order valence-electron chi connectivity index (χ0n) is 17.3. The van der Waals surface area contributed by atoms with Gasteiger partial charge >= 0.3 is 5.97 Å². The number of hydrogen-bond acceptors (Lipinski definition) is 5. The number of hydrogen-bond donors (Lipinski definition) is 0. The number of ether oxygens (including phenoxy) is 1. The molecule has 32 heavy (non-hydrogen) atoms. The predicted octanol–water partition coefficient (Wildman–Crippen LogP) is 6.24. The fraction of sp³-hybridized carbons (Fsp3) is 0.125. The molecule has 0 spiro atoms. The van der Waals surface area contributed by atoms with Crippen molar-refractivity contribution < 1.29 is 18.7 Å². The molecule has 6 nitrogen and oxygen atoms in total. The van der Waals surface area contributed by atoms with Gasteiger partial charge in [-0.05, 0) is 62.4 Å². The average molecular weight is 469 g/mol. The second-order valence-corrected chi connectivity index (χ2v) is 7.77. The van der Waals surface area contributed by atoms with Crippen LogP contribution in [0.1, 0.15) is 30.0 Å². The molecule has 4 rings (SSSR count). The van der Waals surface area contributed by atoms with Crippen LogP contribution in [0.3, 0.4) is 0 Å². The summed E-state index contributed by atoms with van der Waals surface area (Å²) in [5.41, 5.74) is 2.75. The van der Waals surface area contributed by atoms with Gasteiger partial charge in [0.05, 0.1) is 39.2 Å². The molecule has 0 radical (unpaired) electrons. The highest BCUT2D eigenvalue weighted by molar-refractivity contribution is 6.42. The molecule has 0 bridgehead atoms. The second-order valence-electron chi connectivity index (χ2n) is 6.96. The highest BCUT2D eigenvalue weighted by Crippen LogP contribution is 2.31. The lowest BCUT2D eigenvalue weighted by Gasteiger charge is -2.12. The number of amides is 1. The molecule has 3 aromatic rings. The van der Waals surface area contributed by atoms with Gasteiger partial charge in [-0.3, -0.25) is 4.79 Å². The predicted molar refractivity (Wildman–Crippen MR) is 125 cm³/mol.